The molecular formula is C31H23NO. The molecule has 33 heavy (non-hydrogen) atoms. The molecular weight excluding hydrogens is 402 g/mol. The van der Waals surface area contributed by atoms with Crippen LogP contribution in [0.25, 0.3) is 44.2 Å². The summed E-state index contributed by atoms with van der Waals surface area (Å²) in [7, 11) is 0. The molecule has 1 heterocycles. The van der Waals surface area contributed by atoms with E-state index in [4.69, 9.17) is 4.42 Å². The molecule has 0 bridgehead atoms. The van der Waals surface area contributed by atoms with E-state index in [0.717, 1.165) is 50.0 Å². The van der Waals surface area contributed by atoms with Gasteiger partial charge in [0, 0.05) is 33.3 Å². The zero-order chi connectivity index (χ0) is 22.2. The number of benzene rings is 5. The Hall–Kier alpha value is -4.30. The molecule has 6 rings (SSSR count). The number of hydrogen-bond donors (Lipinski definition) is 1. The van der Waals surface area contributed by atoms with E-state index >= 15 is 0 Å². The Morgan fingerprint density at radius 1 is 0.576 bits per heavy atom. The fourth-order valence-corrected chi connectivity index (χ4v) is 4.45. The van der Waals surface area contributed by atoms with Crippen LogP contribution in [0.2, 0.25) is 0 Å². The smallest absolute Gasteiger partial charge is 0.143 e. The number of rotatable bonds is 4. The van der Waals surface area contributed by atoms with Gasteiger partial charge in [-0.25, -0.2) is 0 Å². The molecule has 0 amide bonds. The monoisotopic (exact) mass is 425 g/mol. The van der Waals surface area contributed by atoms with Gasteiger partial charge < -0.3 is 9.73 Å². The summed E-state index contributed by atoms with van der Waals surface area (Å²) in [6.45, 7) is 2.10. The highest BCUT2D eigenvalue weighted by atomic mass is 16.3. The summed E-state index contributed by atoms with van der Waals surface area (Å²) in [4.78, 5) is 0. The minimum atomic E-state index is 0.916. The lowest BCUT2D eigenvalue weighted by Gasteiger charge is -2.15. The second kappa shape index (κ2) is 7.99. The van der Waals surface area contributed by atoms with Gasteiger partial charge in [0.1, 0.15) is 11.2 Å². The molecule has 6 aromatic rings. The highest BCUT2D eigenvalue weighted by Gasteiger charge is 2.14. The summed E-state index contributed by atoms with van der Waals surface area (Å²) in [6.07, 6.45) is 0. The molecule has 0 saturated carbocycles. The summed E-state index contributed by atoms with van der Waals surface area (Å²) in [6, 6.07) is 40.2. The second-order valence-corrected chi connectivity index (χ2v) is 8.40. The first kappa shape index (κ1) is 19.4. The van der Waals surface area contributed by atoms with Gasteiger partial charge in [0.05, 0.1) is 0 Å². The average molecular weight is 426 g/mol. The molecule has 0 fully saturated rings. The highest BCUT2D eigenvalue weighted by molar-refractivity contribution is 6.09. The Balaban J connectivity index is 1.53. The molecule has 1 aromatic heterocycles. The van der Waals surface area contributed by atoms with Crippen LogP contribution < -0.4 is 5.32 Å². The largest absolute Gasteiger partial charge is 0.455 e. The SMILES string of the molecule is Cc1ccc(Nc2cc(-c3cccc4c3oc3ccccc34)ccc2-c2ccccc2)cc1. The Morgan fingerprint density at radius 2 is 1.33 bits per heavy atom. The summed E-state index contributed by atoms with van der Waals surface area (Å²) >= 11 is 0. The highest BCUT2D eigenvalue weighted by Crippen LogP contribution is 2.39. The van der Waals surface area contributed by atoms with Crippen LogP contribution in [-0.4, -0.2) is 0 Å². The fraction of sp³-hybridized carbons (Fsp3) is 0.0323. The van der Waals surface area contributed by atoms with Crippen molar-refractivity contribution in [3.05, 3.63) is 121 Å². The van der Waals surface area contributed by atoms with Gasteiger partial charge in [-0.15, -0.1) is 0 Å². The summed E-state index contributed by atoms with van der Waals surface area (Å²) < 4.78 is 6.30. The summed E-state index contributed by atoms with van der Waals surface area (Å²) in [5.74, 6) is 0. The van der Waals surface area contributed by atoms with Gasteiger partial charge in [0.25, 0.3) is 0 Å². The van der Waals surface area contributed by atoms with E-state index in [9.17, 15) is 0 Å². The maximum Gasteiger partial charge on any atom is 0.143 e. The minimum absolute atomic E-state index is 0.916. The third-order valence-corrected chi connectivity index (χ3v) is 6.15. The summed E-state index contributed by atoms with van der Waals surface area (Å²) in [5.41, 5.74) is 9.77. The van der Waals surface area contributed by atoms with Crippen LogP contribution in [0.3, 0.4) is 0 Å². The second-order valence-electron chi connectivity index (χ2n) is 8.40. The first-order chi connectivity index (χ1) is 16.3. The standard InChI is InChI=1S/C31H23NO/c1-21-14-17-24(18-15-21)32-29-20-23(16-19-25(29)22-8-3-2-4-9-22)26-11-7-12-28-27-10-5-6-13-30(27)33-31(26)28/h2-20,32H,1H3. The van der Waals surface area contributed by atoms with Crippen LogP contribution in [0.4, 0.5) is 11.4 Å². The Kier molecular flexibility index (Phi) is 4.70. The van der Waals surface area contributed by atoms with Crippen molar-refractivity contribution in [2.45, 2.75) is 6.92 Å². The predicted molar refractivity (Wildman–Crippen MR) is 139 cm³/mol. The normalized spacial score (nSPS) is 11.2. The van der Waals surface area contributed by atoms with E-state index in [1.54, 1.807) is 0 Å². The molecule has 0 aliphatic rings. The summed E-state index contributed by atoms with van der Waals surface area (Å²) in [5, 5.41) is 5.94. The quantitative estimate of drug-likeness (QED) is 0.305. The lowest BCUT2D eigenvalue weighted by Crippen LogP contribution is -1.94. The molecule has 0 aliphatic heterocycles. The number of aryl methyl sites for hydroxylation is 1. The molecule has 0 spiro atoms. The number of fused-ring (bicyclic) bond motifs is 3. The number of furan rings is 1. The van der Waals surface area contributed by atoms with Gasteiger partial charge in [-0.1, -0.05) is 96.6 Å². The molecule has 0 aliphatic carbocycles. The maximum absolute atomic E-state index is 6.30. The van der Waals surface area contributed by atoms with Crippen molar-refractivity contribution in [1.29, 1.82) is 0 Å². The number of hydrogen-bond acceptors (Lipinski definition) is 2. The molecule has 2 heteroatoms. The van der Waals surface area contributed by atoms with E-state index in [-0.39, 0.29) is 0 Å². The lowest BCUT2D eigenvalue weighted by molar-refractivity contribution is 0.670. The van der Waals surface area contributed by atoms with Crippen LogP contribution in [0.1, 0.15) is 5.56 Å². The minimum Gasteiger partial charge on any atom is -0.455 e. The third kappa shape index (κ3) is 3.56. The lowest BCUT2D eigenvalue weighted by atomic mass is 9.97. The molecule has 0 saturated heterocycles. The Bertz CT molecular complexity index is 1580. The molecule has 1 N–H and O–H groups in total. The number of anilines is 2. The first-order valence-electron chi connectivity index (χ1n) is 11.2. The van der Waals surface area contributed by atoms with Gasteiger partial charge in [-0.05, 0) is 42.3 Å². The first-order valence-corrected chi connectivity index (χ1v) is 11.2. The van der Waals surface area contributed by atoms with Crippen molar-refractivity contribution in [2.75, 3.05) is 5.32 Å². The van der Waals surface area contributed by atoms with E-state index in [1.165, 1.54) is 11.1 Å². The van der Waals surface area contributed by atoms with Gasteiger partial charge in [0.15, 0.2) is 0 Å². The fourth-order valence-electron chi connectivity index (χ4n) is 4.45. The topological polar surface area (TPSA) is 25.2 Å². The average Bonchev–Trinajstić information content (AvgIpc) is 3.25. The van der Waals surface area contributed by atoms with Crippen molar-refractivity contribution in [1.82, 2.24) is 0 Å². The van der Waals surface area contributed by atoms with E-state index in [0.29, 0.717) is 0 Å². The molecule has 0 unspecified atom stereocenters. The van der Waals surface area contributed by atoms with E-state index < -0.39 is 0 Å². The van der Waals surface area contributed by atoms with Crippen LogP contribution >= 0.6 is 0 Å². The molecule has 0 atom stereocenters. The van der Waals surface area contributed by atoms with Crippen LogP contribution in [0.5, 0.6) is 0 Å². The third-order valence-electron chi connectivity index (χ3n) is 6.15. The van der Waals surface area contributed by atoms with Crippen molar-refractivity contribution >= 4 is 33.3 Å². The zero-order valence-corrected chi connectivity index (χ0v) is 18.4. The molecule has 2 nitrogen and oxygen atoms in total. The van der Waals surface area contributed by atoms with Crippen molar-refractivity contribution in [2.24, 2.45) is 0 Å². The molecule has 5 aromatic carbocycles. The van der Waals surface area contributed by atoms with E-state index in [1.807, 2.05) is 18.2 Å². The van der Waals surface area contributed by atoms with Gasteiger partial charge in [-0.2, -0.15) is 0 Å². The van der Waals surface area contributed by atoms with Crippen molar-refractivity contribution in [3.8, 4) is 22.3 Å². The Labute approximate surface area is 193 Å². The van der Waals surface area contributed by atoms with Crippen molar-refractivity contribution < 1.29 is 4.42 Å². The molecule has 0 radical (unpaired) electrons. The van der Waals surface area contributed by atoms with Gasteiger partial charge in [0.2, 0.25) is 0 Å². The number of nitrogens with one attached hydrogen (secondary N) is 1. The van der Waals surface area contributed by atoms with E-state index in [2.05, 4.69) is 109 Å². The van der Waals surface area contributed by atoms with Crippen LogP contribution in [-0.2, 0) is 0 Å². The van der Waals surface area contributed by atoms with Crippen LogP contribution in [0, 0.1) is 6.92 Å². The zero-order valence-electron chi connectivity index (χ0n) is 18.4. The maximum atomic E-state index is 6.30. The number of para-hydroxylation sites is 2. The Morgan fingerprint density at radius 3 is 2.18 bits per heavy atom. The van der Waals surface area contributed by atoms with Crippen molar-refractivity contribution in [3.63, 3.8) is 0 Å². The predicted octanol–water partition coefficient (Wildman–Crippen LogP) is 8.97. The van der Waals surface area contributed by atoms with Crippen LogP contribution in [0.15, 0.2) is 120 Å². The van der Waals surface area contributed by atoms with Gasteiger partial charge in [-0.3, -0.25) is 0 Å². The molecule has 158 valence electrons. The van der Waals surface area contributed by atoms with Gasteiger partial charge >= 0.3 is 0 Å².